The molecule has 5 aromatic rings. The van der Waals surface area contributed by atoms with Crippen molar-refractivity contribution in [3.05, 3.63) is 128 Å². The fourth-order valence-electron chi connectivity index (χ4n) is 9.55. The first kappa shape index (κ1) is 42.5. The van der Waals surface area contributed by atoms with Gasteiger partial charge in [-0.25, -0.2) is 0 Å². The molecule has 0 spiro atoms. The van der Waals surface area contributed by atoms with Gasteiger partial charge in [-0.1, -0.05) is 75.4 Å². The van der Waals surface area contributed by atoms with E-state index in [1.807, 2.05) is 30.6 Å². The van der Waals surface area contributed by atoms with Crippen molar-refractivity contribution in [3.8, 4) is 17.8 Å². The lowest BCUT2D eigenvalue weighted by molar-refractivity contribution is 0.0610. The molecule has 4 unspecified atom stereocenters. The number of likely N-dealkylation sites (tertiary alicyclic amines) is 3. The summed E-state index contributed by atoms with van der Waals surface area (Å²) in [7, 11) is 0. The molecule has 0 amide bonds. The van der Waals surface area contributed by atoms with Crippen molar-refractivity contribution in [3.63, 3.8) is 0 Å². The zero-order chi connectivity index (χ0) is 42.3. The number of nitrogens with zero attached hydrogens (tertiary/aromatic N) is 7. The van der Waals surface area contributed by atoms with E-state index in [2.05, 4.69) is 122 Å². The first-order valence-electron chi connectivity index (χ1n) is 22.4. The van der Waals surface area contributed by atoms with Gasteiger partial charge in [0.2, 0.25) is 11.8 Å². The van der Waals surface area contributed by atoms with Gasteiger partial charge in [0.1, 0.15) is 18.9 Å². The van der Waals surface area contributed by atoms with Crippen LogP contribution in [0.25, 0.3) is 21.8 Å². The molecule has 10 heteroatoms. The molecule has 8 rings (SSSR count). The third kappa shape index (κ3) is 10.1. The molecule has 6 heterocycles. The molecule has 8 atom stereocenters. The highest BCUT2D eigenvalue weighted by atomic mass is 16.5. The number of rotatable bonds is 16. The van der Waals surface area contributed by atoms with Crippen LogP contribution in [0.1, 0.15) is 63.4 Å². The molecular weight excluding hydrogens is 759 g/mol. The highest BCUT2D eigenvalue weighted by Gasteiger charge is 2.31. The molecule has 3 aliphatic heterocycles. The van der Waals surface area contributed by atoms with Gasteiger partial charge < -0.3 is 14.2 Å². The fourth-order valence-corrected chi connectivity index (χ4v) is 9.55. The summed E-state index contributed by atoms with van der Waals surface area (Å²) in [6, 6.07) is 22.7. The van der Waals surface area contributed by atoms with Gasteiger partial charge in [0.05, 0.1) is 17.1 Å². The molecular formula is C51H63N7O3. The van der Waals surface area contributed by atoms with Gasteiger partial charge in [0.25, 0.3) is 0 Å². The highest BCUT2D eigenvalue weighted by molar-refractivity contribution is 5.83. The molecule has 61 heavy (non-hydrogen) atoms. The molecule has 3 fully saturated rings. The minimum atomic E-state index is -0.370. The van der Waals surface area contributed by atoms with Crippen LogP contribution >= 0.6 is 0 Å². The van der Waals surface area contributed by atoms with Crippen LogP contribution < -0.4 is 14.2 Å². The smallest absolute Gasteiger partial charge is 0.324 e. The van der Waals surface area contributed by atoms with Crippen LogP contribution in [0.2, 0.25) is 0 Å². The monoisotopic (exact) mass is 821 g/mol. The number of pyridine rings is 2. The van der Waals surface area contributed by atoms with Gasteiger partial charge in [0.15, 0.2) is 0 Å². The quantitative estimate of drug-likeness (QED) is 0.0898. The van der Waals surface area contributed by atoms with Crippen LogP contribution in [0.4, 0.5) is 0 Å². The van der Waals surface area contributed by atoms with E-state index in [1.54, 1.807) is 0 Å². The summed E-state index contributed by atoms with van der Waals surface area (Å²) in [5.41, 5.74) is 3.95. The number of para-hydroxylation sites is 2. The van der Waals surface area contributed by atoms with E-state index < -0.39 is 0 Å². The Labute approximate surface area is 362 Å². The zero-order valence-electron chi connectivity index (χ0n) is 36.3. The predicted octanol–water partition coefficient (Wildman–Crippen LogP) is 9.58. The number of ether oxygens (including phenoxy) is 3. The Kier molecular flexibility index (Phi) is 13.7. The van der Waals surface area contributed by atoms with Crippen LogP contribution in [0.15, 0.2) is 117 Å². The van der Waals surface area contributed by atoms with E-state index in [1.165, 1.54) is 0 Å². The van der Waals surface area contributed by atoms with Crippen molar-refractivity contribution in [2.45, 2.75) is 52.2 Å². The van der Waals surface area contributed by atoms with Crippen molar-refractivity contribution < 1.29 is 14.2 Å². The first-order chi connectivity index (χ1) is 29.8. The van der Waals surface area contributed by atoms with Crippen LogP contribution in [0.5, 0.6) is 17.8 Å². The normalized spacial score (nSPS) is 25.1. The standard InChI is InChI=1S/C51H63N7O3/c1-7-38-29-56(25-20-35(38)4)32-47(43-18-23-52-45-16-12-10-14-41(43)45)60-49-28-50(55-51(54-49)59-34-58-27-22-37(6)40(9-3)31-58)61-48(33-57-26-21-36(5)39(8-2)30-57)44-19-24-53-46-17-13-11-15-42(44)46/h7-19,23-24,28,35-40,47-48H,1-3,20-22,25-27,29-34H2,4-6H3/t35?,36?,37?,38-,39+,40-,47?,48-/m1/s1. The largest absolute Gasteiger partial charge is 0.468 e. The highest BCUT2D eigenvalue weighted by Crippen LogP contribution is 2.35. The summed E-state index contributed by atoms with van der Waals surface area (Å²) < 4.78 is 20.7. The number of benzene rings is 2. The van der Waals surface area contributed by atoms with E-state index in [0.29, 0.717) is 67.1 Å². The Hall–Kier alpha value is -5.16. The average molecular weight is 822 g/mol. The zero-order valence-corrected chi connectivity index (χ0v) is 36.3. The summed E-state index contributed by atoms with van der Waals surface area (Å²) in [4.78, 5) is 26.6. The molecule has 0 N–H and O–H groups in total. The first-order valence-corrected chi connectivity index (χ1v) is 22.4. The number of fused-ring (bicyclic) bond motifs is 2. The topological polar surface area (TPSA) is 89.0 Å². The molecule has 0 bridgehead atoms. The summed E-state index contributed by atoms with van der Waals surface area (Å²) >= 11 is 0. The lowest BCUT2D eigenvalue weighted by Gasteiger charge is -2.37. The molecule has 3 aromatic heterocycles. The fraction of sp³-hybridized carbons (Fsp3) is 0.451. The second kappa shape index (κ2) is 19.7. The number of aromatic nitrogens is 4. The summed E-state index contributed by atoms with van der Waals surface area (Å²) in [6.45, 7) is 26.7. The third-order valence-corrected chi connectivity index (χ3v) is 13.7. The van der Waals surface area contributed by atoms with E-state index in [9.17, 15) is 0 Å². The van der Waals surface area contributed by atoms with Gasteiger partial charge in [0, 0.05) is 73.6 Å². The number of hydrogen-bond donors (Lipinski definition) is 0. The lowest BCUT2D eigenvalue weighted by atomic mass is 9.87. The maximum Gasteiger partial charge on any atom is 0.324 e. The van der Waals surface area contributed by atoms with Crippen LogP contribution in [0.3, 0.4) is 0 Å². The minimum Gasteiger partial charge on any atom is -0.468 e. The Morgan fingerprint density at radius 3 is 1.49 bits per heavy atom. The Bertz CT molecular complexity index is 2140. The Balaban J connectivity index is 1.16. The molecule has 0 saturated carbocycles. The Morgan fingerprint density at radius 1 is 0.607 bits per heavy atom. The second-order valence-corrected chi connectivity index (χ2v) is 17.7. The van der Waals surface area contributed by atoms with Gasteiger partial charge in [-0.05, 0) is 92.1 Å². The van der Waals surface area contributed by atoms with Crippen molar-refractivity contribution >= 4 is 21.8 Å². The van der Waals surface area contributed by atoms with E-state index in [0.717, 1.165) is 91.5 Å². The Morgan fingerprint density at radius 2 is 1.03 bits per heavy atom. The molecule has 3 aliphatic rings. The van der Waals surface area contributed by atoms with Gasteiger partial charge in [-0.15, -0.1) is 19.7 Å². The van der Waals surface area contributed by atoms with Gasteiger partial charge >= 0.3 is 6.01 Å². The SMILES string of the molecule is C=C[C@@H]1CN(COc2nc(OC(CN3CCC(C)[C@H](C=C)C3)c3ccnc4ccccc34)cc(O[C@H](CN3CCC(C)[C@@H](C=C)C3)c3ccnc4ccccc34)n2)CCC1C. The maximum atomic E-state index is 7.11. The summed E-state index contributed by atoms with van der Waals surface area (Å²) in [6.07, 6.45) is 12.6. The molecule has 3 saturated heterocycles. The molecule has 10 nitrogen and oxygen atoms in total. The van der Waals surface area contributed by atoms with Gasteiger partial charge in [-0.3, -0.25) is 24.7 Å². The lowest BCUT2D eigenvalue weighted by Crippen LogP contribution is -2.42. The van der Waals surface area contributed by atoms with Crippen LogP contribution in [-0.4, -0.2) is 93.7 Å². The van der Waals surface area contributed by atoms with Gasteiger partial charge in [-0.2, -0.15) is 9.97 Å². The van der Waals surface area contributed by atoms with Crippen molar-refractivity contribution in [2.75, 3.05) is 59.1 Å². The van der Waals surface area contributed by atoms with Crippen molar-refractivity contribution in [1.82, 2.24) is 34.6 Å². The second-order valence-electron chi connectivity index (χ2n) is 17.7. The molecule has 0 aliphatic carbocycles. The average Bonchev–Trinajstić information content (AvgIpc) is 3.29. The number of piperidine rings is 3. The molecule has 320 valence electrons. The predicted molar refractivity (Wildman–Crippen MR) is 245 cm³/mol. The van der Waals surface area contributed by atoms with E-state index in [-0.39, 0.29) is 18.2 Å². The van der Waals surface area contributed by atoms with Crippen molar-refractivity contribution in [1.29, 1.82) is 0 Å². The van der Waals surface area contributed by atoms with E-state index >= 15 is 0 Å². The van der Waals surface area contributed by atoms with Crippen LogP contribution in [0, 0.1) is 35.5 Å². The van der Waals surface area contributed by atoms with Crippen LogP contribution in [-0.2, 0) is 0 Å². The summed E-state index contributed by atoms with van der Waals surface area (Å²) in [5.74, 6) is 3.76. The molecule has 0 radical (unpaired) electrons. The van der Waals surface area contributed by atoms with Crippen molar-refractivity contribution in [2.24, 2.45) is 35.5 Å². The number of hydrogen-bond acceptors (Lipinski definition) is 10. The van der Waals surface area contributed by atoms with E-state index in [4.69, 9.17) is 34.1 Å². The minimum absolute atomic E-state index is 0.218. The third-order valence-electron chi connectivity index (χ3n) is 13.7. The molecule has 2 aromatic carbocycles. The maximum absolute atomic E-state index is 7.11. The summed E-state index contributed by atoms with van der Waals surface area (Å²) in [5, 5.41) is 2.11.